The summed E-state index contributed by atoms with van der Waals surface area (Å²) >= 11 is 0. The number of nitrogens with two attached hydrogens (primary N) is 1. The first-order valence-electron chi connectivity index (χ1n) is 7.27. The van der Waals surface area contributed by atoms with Crippen molar-refractivity contribution in [2.24, 2.45) is 10.9 Å². The van der Waals surface area contributed by atoms with Crippen LogP contribution in [0.1, 0.15) is 32.1 Å². The number of hydrogen-bond donors (Lipinski definition) is 3. The number of ether oxygens (including phenoxy) is 1. The number of carbonyl (C=O) groups excluding carboxylic acids is 1. The number of amides is 1. The number of nitrogens with one attached hydrogen (secondary N) is 1. The molecule has 1 unspecified atom stereocenters. The largest absolute Gasteiger partial charge is 0.409 e. The lowest BCUT2D eigenvalue weighted by Gasteiger charge is -2.32. The molecule has 2 fully saturated rings. The summed E-state index contributed by atoms with van der Waals surface area (Å²) in [6.45, 7) is 2.96. The summed E-state index contributed by atoms with van der Waals surface area (Å²) in [4.78, 5) is 14.0. The Morgan fingerprint density at radius 2 is 2.15 bits per heavy atom. The molecule has 1 atom stereocenters. The normalized spacial score (nSPS) is 25.8. The van der Waals surface area contributed by atoms with Gasteiger partial charge in [-0.05, 0) is 25.7 Å². The topological polar surface area (TPSA) is 100 Å². The number of amidine groups is 1. The van der Waals surface area contributed by atoms with E-state index in [-0.39, 0.29) is 23.9 Å². The van der Waals surface area contributed by atoms with Crippen LogP contribution in [0.2, 0.25) is 0 Å². The smallest absolute Gasteiger partial charge is 0.222 e. The fourth-order valence-electron chi connectivity index (χ4n) is 2.79. The quantitative estimate of drug-likeness (QED) is 0.283. The first-order valence-corrected chi connectivity index (χ1v) is 7.27. The molecular weight excluding hydrogens is 260 g/mol. The Kier molecular flexibility index (Phi) is 5.60. The lowest BCUT2D eigenvalue weighted by Crippen LogP contribution is -2.47. The van der Waals surface area contributed by atoms with Crippen molar-refractivity contribution in [1.82, 2.24) is 10.2 Å². The van der Waals surface area contributed by atoms with Crippen molar-refractivity contribution in [1.29, 1.82) is 0 Å². The number of hydrogen-bond acceptors (Lipinski definition) is 5. The summed E-state index contributed by atoms with van der Waals surface area (Å²) in [5, 5.41) is 14.6. The van der Waals surface area contributed by atoms with Crippen molar-refractivity contribution < 1.29 is 14.7 Å². The van der Waals surface area contributed by atoms with Gasteiger partial charge in [-0.1, -0.05) is 5.16 Å². The molecule has 2 aliphatic rings. The molecule has 2 aliphatic heterocycles. The third-order valence-corrected chi connectivity index (χ3v) is 3.90. The molecule has 2 rings (SSSR count). The minimum Gasteiger partial charge on any atom is -0.409 e. The van der Waals surface area contributed by atoms with E-state index < -0.39 is 0 Å². The third-order valence-electron chi connectivity index (χ3n) is 3.90. The van der Waals surface area contributed by atoms with Gasteiger partial charge in [0.05, 0.1) is 19.1 Å². The first-order chi connectivity index (χ1) is 9.67. The maximum Gasteiger partial charge on any atom is 0.222 e. The Morgan fingerprint density at radius 3 is 2.75 bits per heavy atom. The number of nitrogens with zero attached hydrogens (tertiary/aromatic N) is 2. The zero-order valence-corrected chi connectivity index (χ0v) is 11.8. The van der Waals surface area contributed by atoms with Gasteiger partial charge in [0.1, 0.15) is 0 Å². The van der Waals surface area contributed by atoms with Crippen LogP contribution in [-0.4, -0.2) is 60.2 Å². The molecule has 2 saturated heterocycles. The fraction of sp³-hybridized carbons (Fsp3) is 0.846. The Morgan fingerprint density at radius 1 is 1.40 bits per heavy atom. The summed E-state index contributed by atoms with van der Waals surface area (Å²) in [6, 6.07) is 0.229. The number of carbonyl (C=O) groups is 1. The zero-order chi connectivity index (χ0) is 14.4. The molecule has 0 radical (unpaired) electrons. The van der Waals surface area contributed by atoms with Gasteiger partial charge in [0.2, 0.25) is 5.91 Å². The fourth-order valence-corrected chi connectivity index (χ4v) is 2.79. The maximum absolute atomic E-state index is 11.9. The molecule has 0 bridgehead atoms. The van der Waals surface area contributed by atoms with Crippen LogP contribution in [0.3, 0.4) is 0 Å². The predicted molar refractivity (Wildman–Crippen MR) is 74.6 cm³/mol. The number of piperidine rings is 1. The van der Waals surface area contributed by atoms with Crippen molar-refractivity contribution in [3.63, 3.8) is 0 Å². The van der Waals surface area contributed by atoms with Crippen LogP contribution >= 0.6 is 0 Å². The van der Waals surface area contributed by atoms with E-state index >= 15 is 0 Å². The molecule has 0 aliphatic carbocycles. The monoisotopic (exact) mass is 284 g/mol. The van der Waals surface area contributed by atoms with E-state index in [9.17, 15) is 4.79 Å². The van der Waals surface area contributed by atoms with Crippen LogP contribution in [0.25, 0.3) is 0 Å². The molecule has 0 spiro atoms. The van der Waals surface area contributed by atoms with E-state index in [1.54, 1.807) is 0 Å². The highest BCUT2D eigenvalue weighted by Gasteiger charge is 2.24. The molecule has 2 heterocycles. The SMILES string of the molecule is NC(CN1CCC(NC(=O)CC2CCCO2)CC1)=NO. The van der Waals surface area contributed by atoms with Gasteiger partial charge in [0.25, 0.3) is 0 Å². The molecule has 0 aromatic carbocycles. The van der Waals surface area contributed by atoms with E-state index in [2.05, 4.69) is 15.4 Å². The van der Waals surface area contributed by atoms with Crippen LogP contribution in [0.5, 0.6) is 0 Å². The zero-order valence-electron chi connectivity index (χ0n) is 11.8. The van der Waals surface area contributed by atoms with Gasteiger partial charge in [-0.2, -0.15) is 0 Å². The van der Waals surface area contributed by atoms with Crippen molar-refractivity contribution in [2.75, 3.05) is 26.2 Å². The van der Waals surface area contributed by atoms with Crippen LogP contribution in [0.15, 0.2) is 5.16 Å². The van der Waals surface area contributed by atoms with Gasteiger partial charge >= 0.3 is 0 Å². The first kappa shape index (κ1) is 15.1. The third kappa shape index (κ3) is 4.64. The summed E-state index contributed by atoms with van der Waals surface area (Å²) in [7, 11) is 0. The van der Waals surface area contributed by atoms with E-state index in [1.807, 2.05) is 0 Å². The Labute approximate surface area is 119 Å². The van der Waals surface area contributed by atoms with E-state index in [0.29, 0.717) is 13.0 Å². The summed E-state index contributed by atoms with van der Waals surface area (Å²) in [5.74, 6) is 0.317. The summed E-state index contributed by atoms with van der Waals surface area (Å²) in [6.07, 6.45) is 4.43. The minimum atomic E-state index is 0.0896. The Balaban J connectivity index is 1.64. The standard InChI is InChI=1S/C13H24N4O3/c14-12(16-19)9-17-5-3-10(4-6-17)15-13(18)8-11-2-1-7-20-11/h10-11,19H,1-9H2,(H2,14,16)(H,15,18). The van der Waals surface area contributed by atoms with Crippen molar-refractivity contribution in [3.05, 3.63) is 0 Å². The lowest BCUT2D eigenvalue weighted by molar-refractivity contribution is -0.124. The van der Waals surface area contributed by atoms with Crippen LogP contribution < -0.4 is 11.1 Å². The summed E-state index contributed by atoms with van der Waals surface area (Å²) in [5.41, 5.74) is 5.49. The molecular formula is C13H24N4O3. The van der Waals surface area contributed by atoms with Crippen molar-refractivity contribution in [3.8, 4) is 0 Å². The molecule has 0 saturated carbocycles. The molecule has 20 heavy (non-hydrogen) atoms. The minimum absolute atomic E-state index is 0.0896. The second-order valence-electron chi connectivity index (χ2n) is 5.55. The van der Waals surface area contributed by atoms with Crippen LogP contribution in [0.4, 0.5) is 0 Å². The van der Waals surface area contributed by atoms with Crippen molar-refractivity contribution >= 4 is 11.7 Å². The molecule has 0 aromatic rings. The molecule has 7 nitrogen and oxygen atoms in total. The average molecular weight is 284 g/mol. The van der Waals surface area contributed by atoms with Crippen molar-refractivity contribution in [2.45, 2.75) is 44.2 Å². The maximum atomic E-state index is 11.9. The number of likely N-dealkylation sites (tertiary alicyclic amines) is 1. The van der Waals surface area contributed by atoms with Gasteiger partial charge in [-0.3, -0.25) is 9.69 Å². The molecule has 114 valence electrons. The van der Waals surface area contributed by atoms with Crippen LogP contribution in [-0.2, 0) is 9.53 Å². The van der Waals surface area contributed by atoms with E-state index in [0.717, 1.165) is 45.4 Å². The van der Waals surface area contributed by atoms with Gasteiger partial charge in [0, 0.05) is 25.7 Å². The molecule has 7 heteroatoms. The highest BCUT2D eigenvalue weighted by Crippen LogP contribution is 2.16. The molecule has 1 amide bonds. The summed E-state index contributed by atoms with van der Waals surface area (Å²) < 4.78 is 5.47. The second-order valence-corrected chi connectivity index (χ2v) is 5.55. The van der Waals surface area contributed by atoms with E-state index in [4.69, 9.17) is 15.7 Å². The molecule has 0 aromatic heterocycles. The average Bonchev–Trinajstić information content (AvgIpc) is 2.93. The van der Waals surface area contributed by atoms with E-state index in [1.165, 1.54) is 0 Å². The highest BCUT2D eigenvalue weighted by molar-refractivity contribution is 5.81. The van der Waals surface area contributed by atoms with Gasteiger partial charge in [-0.15, -0.1) is 0 Å². The van der Waals surface area contributed by atoms with Gasteiger partial charge in [0.15, 0.2) is 5.84 Å². The Bertz CT molecular complexity index is 348. The van der Waals surface area contributed by atoms with Gasteiger partial charge < -0.3 is 21.0 Å². The Hall–Kier alpha value is -1.34. The van der Waals surface area contributed by atoms with Gasteiger partial charge in [-0.25, -0.2) is 0 Å². The number of rotatable bonds is 5. The van der Waals surface area contributed by atoms with Crippen LogP contribution in [0, 0.1) is 0 Å². The lowest BCUT2D eigenvalue weighted by atomic mass is 10.0. The number of oxime groups is 1. The predicted octanol–water partition coefficient (Wildman–Crippen LogP) is -0.117. The highest BCUT2D eigenvalue weighted by atomic mass is 16.5. The second kappa shape index (κ2) is 7.44. The molecule has 4 N–H and O–H groups in total.